The van der Waals surface area contributed by atoms with Crippen LogP contribution >= 0.6 is 35.6 Å². The van der Waals surface area contributed by atoms with Crippen molar-refractivity contribution in [3.63, 3.8) is 0 Å². The van der Waals surface area contributed by atoms with E-state index < -0.39 is 11.7 Å². The first kappa shape index (κ1) is 23.2. The number of halogens is 5. The quantitative estimate of drug-likeness (QED) is 0.251. The summed E-state index contributed by atoms with van der Waals surface area (Å²) in [7, 11) is 1.50. The summed E-state index contributed by atoms with van der Waals surface area (Å²) in [5.41, 5.74) is 5.50. The Morgan fingerprint density at radius 1 is 1.19 bits per heavy atom. The number of anilines is 1. The molecular formula is C17H18ClF3IN3O2. The van der Waals surface area contributed by atoms with Gasteiger partial charge < -0.3 is 20.5 Å². The first-order valence-electron chi connectivity index (χ1n) is 7.50. The van der Waals surface area contributed by atoms with E-state index in [1.807, 2.05) is 0 Å². The predicted octanol–water partition coefficient (Wildman–Crippen LogP) is 4.79. The van der Waals surface area contributed by atoms with Crippen molar-refractivity contribution in [2.75, 3.05) is 25.6 Å². The molecule has 2 aromatic rings. The molecule has 27 heavy (non-hydrogen) atoms. The van der Waals surface area contributed by atoms with E-state index in [1.165, 1.54) is 25.3 Å². The van der Waals surface area contributed by atoms with Gasteiger partial charge in [-0.15, -0.1) is 24.0 Å². The Balaban J connectivity index is 0.00000364. The molecule has 0 unspecified atom stereocenters. The Hall–Kier alpha value is -1.88. The van der Waals surface area contributed by atoms with E-state index in [1.54, 1.807) is 18.2 Å². The molecule has 0 aliphatic rings. The van der Waals surface area contributed by atoms with E-state index >= 15 is 0 Å². The fraction of sp³-hybridized carbons (Fsp3) is 0.235. The molecule has 10 heteroatoms. The number of hydrogen-bond donors (Lipinski definition) is 2. The van der Waals surface area contributed by atoms with Gasteiger partial charge in [0.05, 0.1) is 24.2 Å². The monoisotopic (exact) mass is 515 g/mol. The van der Waals surface area contributed by atoms with Crippen LogP contribution in [-0.2, 0) is 6.18 Å². The topological polar surface area (TPSA) is 68.9 Å². The van der Waals surface area contributed by atoms with E-state index in [4.69, 9.17) is 26.8 Å². The standard InChI is InChI=1S/C17H17ClF3N3O2.HI/c1-25-15-7-6-11(10-13(15)18)24-16(22)23-8-9-26-14-5-3-2-4-12(14)17(19,20)21;/h2-7,10H,8-9H2,1H3,(H3,22,23,24);1H. The normalized spacial score (nSPS) is 11.5. The molecule has 0 heterocycles. The van der Waals surface area contributed by atoms with Gasteiger partial charge in [-0.05, 0) is 30.3 Å². The number of ether oxygens (including phenoxy) is 2. The number of methoxy groups -OCH3 is 1. The minimum absolute atomic E-state index is 0. The number of nitrogens with two attached hydrogens (primary N) is 1. The Morgan fingerprint density at radius 3 is 2.52 bits per heavy atom. The fourth-order valence-corrected chi connectivity index (χ4v) is 2.34. The SMILES string of the molecule is COc1ccc(NC(N)=NCCOc2ccccc2C(F)(F)F)cc1Cl.I. The third-order valence-electron chi connectivity index (χ3n) is 3.25. The third-order valence-corrected chi connectivity index (χ3v) is 3.54. The molecule has 0 saturated carbocycles. The van der Waals surface area contributed by atoms with Gasteiger partial charge in [-0.1, -0.05) is 23.7 Å². The molecule has 0 fully saturated rings. The van der Waals surface area contributed by atoms with Gasteiger partial charge in [0.1, 0.15) is 18.1 Å². The van der Waals surface area contributed by atoms with E-state index in [-0.39, 0.29) is 48.8 Å². The van der Waals surface area contributed by atoms with Crippen LogP contribution in [0.3, 0.4) is 0 Å². The minimum atomic E-state index is -4.48. The molecule has 2 rings (SSSR count). The van der Waals surface area contributed by atoms with E-state index in [2.05, 4.69) is 10.3 Å². The molecule has 0 aliphatic heterocycles. The summed E-state index contributed by atoms with van der Waals surface area (Å²) >= 11 is 6.00. The molecule has 0 saturated heterocycles. The molecular weight excluding hydrogens is 498 g/mol. The van der Waals surface area contributed by atoms with Crippen molar-refractivity contribution in [1.29, 1.82) is 0 Å². The summed E-state index contributed by atoms with van der Waals surface area (Å²) in [6.45, 7) is 0.0216. The summed E-state index contributed by atoms with van der Waals surface area (Å²) in [5.74, 6) is 0.354. The van der Waals surface area contributed by atoms with Gasteiger partial charge in [0.15, 0.2) is 5.96 Å². The summed E-state index contributed by atoms with van der Waals surface area (Å²) in [6, 6.07) is 9.96. The second-order valence-corrected chi connectivity index (χ2v) is 5.49. The van der Waals surface area contributed by atoms with Crippen molar-refractivity contribution in [2.24, 2.45) is 10.7 Å². The molecule has 0 aromatic heterocycles. The summed E-state index contributed by atoms with van der Waals surface area (Å²) in [6.07, 6.45) is -4.48. The van der Waals surface area contributed by atoms with Gasteiger partial charge in [0.25, 0.3) is 0 Å². The predicted molar refractivity (Wildman–Crippen MR) is 110 cm³/mol. The summed E-state index contributed by atoms with van der Waals surface area (Å²) < 4.78 is 48.8. The maximum Gasteiger partial charge on any atom is 0.419 e. The van der Waals surface area contributed by atoms with Crippen LogP contribution in [0, 0.1) is 0 Å². The summed E-state index contributed by atoms with van der Waals surface area (Å²) in [4.78, 5) is 4.00. The smallest absolute Gasteiger partial charge is 0.419 e. The Morgan fingerprint density at radius 2 is 1.89 bits per heavy atom. The number of alkyl halides is 3. The molecule has 148 valence electrons. The van der Waals surface area contributed by atoms with Crippen molar-refractivity contribution in [3.8, 4) is 11.5 Å². The number of hydrogen-bond acceptors (Lipinski definition) is 3. The molecule has 0 aliphatic carbocycles. The highest BCUT2D eigenvalue weighted by Gasteiger charge is 2.33. The fourth-order valence-electron chi connectivity index (χ4n) is 2.08. The van der Waals surface area contributed by atoms with Crippen LogP contribution in [0.2, 0.25) is 5.02 Å². The maximum atomic E-state index is 12.9. The number of nitrogens with zero attached hydrogens (tertiary/aromatic N) is 1. The van der Waals surface area contributed by atoms with Crippen LogP contribution in [0.1, 0.15) is 5.56 Å². The van der Waals surface area contributed by atoms with E-state index in [9.17, 15) is 13.2 Å². The molecule has 0 bridgehead atoms. The number of guanidine groups is 1. The van der Waals surface area contributed by atoms with E-state index in [0.717, 1.165) is 6.07 Å². The van der Waals surface area contributed by atoms with Gasteiger partial charge in [0.2, 0.25) is 0 Å². The van der Waals surface area contributed by atoms with Gasteiger partial charge in [0, 0.05) is 5.69 Å². The van der Waals surface area contributed by atoms with Crippen LogP contribution in [0.4, 0.5) is 18.9 Å². The second-order valence-electron chi connectivity index (χ2n) is 5.08. The molecule has 5 nitrogen and oxygen atoms in total. The lowest BCUT2D eigenvalue weighted by molar-refractivity contribution is -0.138. The van der Waals surface area contributed by atoms with Crippen LogP contribution in [-0.4, -0.2) is 26.2 Å². The zero-order valence-corrected chi connectivity index (χ0v) is 17.3. The van der Waals surface area contributed by atoms with Crippen LogP contribution in [0.5, 0.6) is 11.5 Å². The largest absolute Gasteiger partial charge is 0.495 e. The van der Waals surface area contributed by atoms with Crippen molar-refractivity contribution in [1.82, 2.24) is 0 Å². The van der Waals surface area contributed by atoms with Crippen molar-refractivity contribution in [2.45, 2.75) is 6.18 Å². The first-order chi connectivity index (χ1) is 12.3. The van der Waals surface area contributed by atoms with Crippen LogP contribution in [0.25, 0.3) is 0 Å². The Labute approximate surface area is 176 Å². The lowest BCUT2D eigenvalue weighted by Crippen LogP contribution is -2.23. The highest BCUT2D eigenvalue weighted by molar-refractivity contribution is 14.0. The highest BCUT2D eigenvalue weighted by Crippen LogP contribution is 2.35. The van der Waals surface area contributed by atoms with E-state index in [0.29, 0.717) is 16.5 Å². The first-order valence-corrected chi connectivity index (χ1v) is 7.88. The Bertz CT molecular complexity index is 788. The number of nitrogens with one attached hydrogen (secondary N) is 1. The Kier molecular flexibility index (Phi) is 8.97. The van der Waals surface area contributed by atoms with Gasteiger partial charge in [-0.3, -0.25) is 0 Å². The van der Waals surface area contributed by atoms with Crippen LogP contribution < -0.4 is 20.5 Å². The van der Waals surface area contributed by atoms with Crippen LogP contribution in [0.15, 0.2) is 47.5 Å². The second kappa shape index (κ2) is 10.5. The summed E-state index contributed by atoms with van der Waals surface area (Å²) in [5, 5.41) is 3.22. The van der Waals surface area contributed by atoms with Gasteiger partial charge >= 0.3 is 6.18 Å². The molecule has 0 amide bonds. The third kappa shape index (κ3) is 6.98. The van der Waals surface area contributed by atoms with Crippen molar-refractivity contribution < 1.29 is 22.6 Å². The van der Waals surface area contributed by atoms with Gasteiger partial charge in [-0.25, -0.2) is 4.99 Å². The zero-order valence-electron chi connectivity index (χ0n) is 14.2. The average molecular weight is 516 g/mol. The zero-order chi connectivity index (χ0) is 19.2. The minimum Gasteiger partial charge on any atom is -0.495 e. The lowest BCUT2D eigenvalue weighted by atomic mass is 10.2. The molecule has 2 aromatic carbocycles. The lowest BCUT2D eigenvalue weighted by Gasteiger charge is -2.13. The highest BCUT2D eigenvalue weighted by atomic mass is 127. The molecule has 0 radical (unpaired) electrons. The van der Waals surface area contributed by atoms with Crippen molar-refractivity contribution >= 4 is 47.2 Å². The maximum absolute atomic E-state index is 12.9. The average Bonchev–Trinajstić information content (AvgIpc) is 2.58. The number of rotatable bonds is 6. The number of aliphatic imine (C=N–C) groups is 1. The molecule has 3 N–H and O–H groups in total. The number of para-hydroxylation sites is 1. The number of benzene rings is 2. The molecule has 0 spiro atoms. The molecule has 0 atom stereocenters. The van der Waals surface area contributed by atoms with Crippen molar-refractivity contribution in [3.05, 3.63) is 53.1 Å². The van der Waals surface area contributed by atoms with Gasteiger partial charge in [-0.2, -0.15) is 13.2 Å².